The lowest BCUT2D eigenvalue weighted by Gasteiger charge is -2.04. The van der Waals surface area contributed by atoms with E-state index in [1.54, 1.807) is 6.07 Å². The van der Waals surface area contributed by atoms with Crippen LogP contribution < -0.4 is 10.6 Å². The Morgan fingerprint density at radius 1 is 1.29 bits per heavy atom. The highest BCUT2D eigenvalue weighted by molar-refractivity contribution is 6.34. The summed E-state index contributed by atoms with van der Waals surface area (Å²) in [6.45, 7) is 5.61. The lowest BCUT2D eigenvalue weighted by Crippen LogP contribution is -2.06. The number of rotatable bonds is 4. The molecule has 0 fully saturated rings. The summed E-state index contributed by atoms with van der Waals surface area (Å²) in [6, 6.07) is 3.90. The van der Waals surface area contributed by atoms with Crippen molar-refractivity contribution in [3.63, 3.8) is 0 Å². The minimum Gasteiger partial charge on any atom is -0.359 e. The van der Waals surface area contributed by atoms with Gasteiger partial charge in [-0.15, -0.1) is 0 Å². The molecule has 2 aromatic rings. The summed E-state index contributed by atoms with van der Waals surface area (Å²) in [6.07, 6.45) is 5.19. The fourth-order valence-corrected chi connectivity index (χ4v) is 2.82. The molecule has 0 bridgehead atoms. The summed E-state index contributed by atoms with van der Waals surface area (Å²) in [5, 5.41) is 5.46. The lowest BCUT2D eigenvalue weighted by molar-refractivity contribution is -0.114. The zero-order valence-electron chi connectivity index (χ0n) is 14.0. The van der Waals surface area contributed by atoms with Gasteiger partial charge in [0.25, 0.3) is 5.91 Å². The molecule has 0 saturated heterocycles. The lowest BCUT2D eigenvalue weighted by atomic mass is 10.1. The number of pyridine rings is 1. The number of H-pyrrole nitrogens is 1. The molecule has 1 aliphatic heterocycles. The molecule has 124 valence electrons. The maximum atomic E-state index is 12.3. The van der Waals surface area contributed by atoms with Crippen molar-refractivity contribution in [2.24, 2.45) is 0 Å². The van der Waals surface area contributed by atoms with Crippen LogP contribution in [-0.4, -0.2) is 21.8 Å². The Hall–Kier alpha value is -2.89. The predicted molar refractivity (Wildman–Crippen MR) is 94.6 cm³/mol. The molecule has 0 radical (unpaired) electrons. The van der Waals surface area contributed by atoms with E-state index in [1.165, 1.54) is 18.7 Å². The van der Waals surface area contributed by atoms with Crippen molar-refractivity contribution in [3.05, 3.63) is 40.8 Å². The Labute approximate surface area is 140 Å². The number of amides is 2. The molecule has 6 nitrogen and oxygen atoms in total. The molecule has 3 rings (SSSR count). The van der Waals surface area contributed by atoms with Crippen molar-refractivity contribution in [2.45, 2.75) is 33.6 Å². The minimum atomic E-state index is -0.188. The van der Waals surface area contributed by atoms with Gasteiger partial charge in [0.15, 0.2) is 0 Å². The third-order valence-electron chi connectivity index (χ3n) is 4.01. The molecule has 0 saturated carbocycles. The molecule has 0 unspecified atom stereocenters. The summed E-state index contributed by atoms with van der Waals surface area (Å²) >= 11 is 0. The standard InChI is InChI=1S/C18H20N4O2/c1-4-11-6-12(5-2)21-16(11)8-15-14-7-13(20-10(3)23)9-19-17(14)22-18(15)24/h6-9,21H,4-5H2,1-3H3,(H,20,23)(H,19,22,24). The quantitative estimate of drug-likeness (QED) is 0.756. The average Bonchev–Trinajstić information content (AvgIpc) is 3.08. The first-order valence-corrected chi connectivity index (χ1v) is 8.03. The van der Waals surface area contributed by atoms with E-state index in [2.05, 4.69) is 40.5 Å². The van der Waals surface area contributed by atoms with Gasteiger partial charge < -0.3 is 15.6 Å². The van der Waals surface area contributed by atoms with Crippen molar-refractivity contribution in [2.75, 3.05) is 10.6 Å². The zero-order valence-corrected chi connectivity index (χ0v) is 14.0. The van der Waals surface area contributed by atoms with Gasteiger partial charge in [0.2, 0.25) is 5.91 Å². The molecule has 6 heteroatoms. The van der Waals surface area contributed by atoms with Gasteiger partial charge in [0.1, 0.15) is 5.82 Å². The number of anilines is 2. The van der Waals surface area contributed by atoms with E-state index in [1.807, 2.05) is 6.08 Å². The zero-order chi connectivity index (χ0) is 17.3. The maximum absolute atomic E-state index is 12.3. The van der Waals surface area contributed by atoms with Crippen LogP contribution in [0, 0.1) is 0 Å². The Morgan fingerprint density at radius 3 is 2.75 bits per heavy atom. The van der Waals surface area contributed by atoms with E-state index in [4.69, 9.17) is 0 Å². The number of aromatic nitrogens is 2. The number of carbonyl (C=O) groups excluding carboxylic acids is 2. The molecule has 24 heavy (non-hydrogen) atoms. The molecule has 3 N–H and O–H groups in total. The van der Waals surface area contributed by atoms with Gasteiger partial charge in [0, 0.05) is 23.9 Å². The van der Waals surface area contributed by atoms with Crippen molar-refractivity contribution < 1.29 is 9.59 Å². The van der Waals surface area contributed by atoms with Crippen LogP contribution in [0.1, 0.15) is 43.3 Å². The fraction of sp³-hybridized carbons (Fsp3) is 0.278. The molecule has 1 aliphatic rings. The number of nitrogens with zero attached hydrogens (tertiary/aromatic N) is 1. The Kier molecular flexibility index (Phi) is 4.20. The second-order valence-corrected chi connectivity index (χ2v) is 5.75. The molecule has 0 aliphatic carbocycles. The van der Waals surface area contributed by atoms with Gasteiger partial charge in [0.05, 0.1) is 17.5 Å². The summed E-state index contributed by atoms with van der Waals surface area (Å²) in [5.74, 6) is 0.151. The second kappa shape index (κ2) is 6.31. The molecule has 2 aromatic heterocycles. The Bertz CT molecular complexity index is 849. The van der Waals surface area contributed by atoms with E-state index in [0.29, 0.717) is 22.6 Å². The van der Waals surface area contributed by atoms with Crippen LogP contribution in [0.5, 0.6) is 0 Å². The van der Waals surface area contributed by atoms with Crippen LogP contribution in [0.4, 0.5) is 11.5 Å². The van der Waals surface area contributed by atoms with E-state index in [0.717, 1.165) is 24.2 Å². The Balaban J connectivity index is 2.05. The normalized spacial score (nSPS) is 14.6. The first kappa shape index (κ1) is 16.0. The van der Waals surface area contributed by atoms with Crippen LogP contribution in [0.2, 0.25) is 0 Å². The van der Waals surface area contributed by atoms with Crippen LogP contribution in [0.3, 0.4) is 0 Å². The predicted octanol–water partition coefficient (Wildman–Crippen LogP) is 2.99. The molecule has 0 atom stereocenters. The topological polar surface area (TPSA) is 86.9 Å². The summed E-state index contributed by atoms with van der Waals surface area (Å²) in [7, 11) is 0. The fourth-order valence-electron chi connectivity index (χ4n) is 2.82. The van der Waals surface area contributed by atoms with Crippen molar-refractivity contribution in [3.8, 4) is 0 Å². The van der Waals surface area contributed by atoms with Crippen molar-refractivity contribution in [1.82, 2.24) is 9.97 Å². The van der Waals surface area contributed by atoms with Crippen LogP contribution in [0.25, 0.3) is 11.6 Å². The van der Waals surface area contributed by atoms with Gasteiger partial charge in [-0.3, -0.25) is 9.59 Å². The number of nitrogens with one attached hydrogen (secondary N) is 3. The number of carbonyl (C=O) groups is 2. The highest BCUT2D eigenvalue weighted by Gasteiger charge is 2.26. The third-order valence-corrected chi connectivity index (χ3v) is 4.01. The van der Waals surface area contributed by atoms with Gasteiger partial charge in [-0.1, -0.05) is 13.8 Å². The average molecular weight is 324 g/mol. The smallest absolute Gasteiger partial charge is 0.257 e. The summed E-state index contributed by atoms with van der Waals surface area (Å²) < 4.78 is 0. The number of hydrogen-bond acceptors (Lipinski definition) is 3. The van der Waals surface area contributed by atoms with Crippen LogP contribution >= 0.6 is 0 Å². The highest BCUT2D eigenvalue weighted by Crippen LogP contribution is 2.33. The highest BCUT2D eigenvalue weighted by atomic mass is 16.2. The molecule has 3 heterocycles. The molecular formula is C18H20N4O2. The molecule has 0 aromatic carbocycles. The maximum Gasteiger partial charge on any atom is 0.257 e. The van der Waals surface area contributed by atoms with E-state index in [-0.39, 0.29) is 11.8 Å². The van der Waals surface area contributed by atoms with E-state index < -0.39 is 0 Å². The molecular weight excluding hydrogens is 304 g/mol. The van der Waals surface area contributed by atoms with Gasteiger partial charge in [-0.25, -0.2) is 4.98 Å². The third kappa shape index (κ3) is 2.95. The van der Waals surface area contributed by atoms with Crippen LogP contribution in [-0.2, 0) is 22.4 Å². The first-order chi connectivity index (χ1) is 11.5. The van der Waals surface area contributed by atoms with Crippen molar-refractivity contribution >= 4 is 35.0 Å². The summed E-state index contributed by atoms with van der Waals surface area (Å²) in [4.78, 5) is 31.1. The Morgan fingerprint density at radius 2 is 2.08 bits per heavy atom. The number of hydrogen-bond donors (Lipinski definition) is 3. The molecule has 2 amide bonds. The minimum absolute atomic E-state index is 0.176. The summed E-state index contributed by atoms with van der Waals surface area (Å²) in [5.41, 5.74) is 5.07. The number of aromatic amines is 1. The van der Waals surface area contributed by atoms with Crippen LogP contribution in [0.15, 0.2) is 18.3 Å². The van der Waals surface area contributed by atoms with Gasteiger partial charge in [-0.2, -0.15) is 0 Å². The van der Waals surface area contributed by atoms with Gasteiger partial charge >= 0.3 is 0 Å². The first-order valence-electron chi connectivity index (χ1n) is 8.03. The molecule has 0 spiro atoms. The van der Waals surface area contributed by atoms with Crippen molar-refractivity contribution in [1.29, 1.82) is 0 Å². The second-order valence-electron chi connectivity index (χ2n) is 5.75. The van der Waals surface area contributed by atoms with E-state index in [9.17, 15) is 9.59 Å². The van der Waals surface area contributed by atoms with E-state index >= 15 is 0 Å². The number of aryl methyl sites for hydroxylation is 2. The SMILES string of the molecule is CCc1cc(CC)c(C=C2C(=O)Nc3ncc(NC(C)=O)cc32)[nH]1. The van der Waals surface area contributed by atoms with Gasteiger partial charge in [-0.05, 0) is 36.6 Å². The monoisotopic (exact) mass is 324 g/mol. The largest absolute Gasteiger partial charge is 0.359 e. The number of fused-ring (bicyclic) bond motifs is 1.